The highest BCUT2D eigenvalue weighted by Gasteiger charge is 2.18. The highest BCUT2D eigenvalue weighted by Crippen LogP contribution is 2.32. The molecule has 2 rings (SSSR count). The lowest BCUT2D eigenvalue weighted by Gasteiger charge is -2.18. The van der Waals surface area contributed by atoms with Crippen molar-refractivity contribution in [2.45, 2.75) is 6.42 Å². The highest BCUT2D eigenvalue weighted by molar-refractivity contribution is 9.10. The van der Waals surface area contributed by atoms with Gasteiger partial charge in [-0.15, -0.1) is 0 Å². The summed E-state index contributed by atoms with van der Waals surface area (Å²) in [5.41, 5.74) is 1.40. The van der Waals surface area contributed by atoms with E-state index in [4.69, 9.17) is 4.74 Å². The van der Waals surface area contributed by atoms with Gasteiger partial charge in [0.2, 0.25) is 0 Å². The zero-order valence-corrected chi connectivity index (χ0v) is 14.5. The minimum atomic E-state index is -0.200. The number of carbonyl (C=O) groups excluding carboxylic acids is 1. The Balaban J connectivity index is 2.07. The molecule has 2 aromatic carbocycles. The number of amides is 1. The Hall–Kier alpha value is -2.21. The summed E-state index contributed by atoms with van der Waals surface area (Å²) < 4.78 is 5.57. The number of phenolic OH excluding ortho intramolecular Hbond substituents is 2. The van der Waals surface area contributed by atoms with E-state index in [0.717, 1.165) is 5.56 Å². The summed E-state index contributed by atoms with van der Waals surface area (Å²) in [6, 6.07) is 9.84. The van der Waals surface area contributed by atoms with Crippen LogP contribution in [0.1, 0.15) is 15.9 Å². The lowest BCUT2D eigenvalue weighted by Crippen LogP contribution is -2.29. The molecule has 0 aliphatic carbocycles. The Morgan fingerprint density at radius 2 is 1.87 bits per heavy atom. The Morgan fingerprint density at radius 1 is 1.22 bits per heavy atom. The lowest BCUT2D eigenvalue weighted by atomic mass is 10.1. The summed E-state index contributed by atoms with van der Waals surface area (Å²) in [5, 5.41) is 19.1. The molecule has 0 saturated heterocycles. The average molecular weight is 380 g/mol. The largest absolute Gasteiger partial charge is 0.508 e. The molecule has 0 unspecified atom stereocenters. The van der Waals surface area contributed by atoms with Crippen molar-refractivity contribution in [3.05, 3.63) is 52.0 Å². The van der Waals surface area contributed by atoms with E-state index < -0.39 is 0 Å². The van der Waals surface area contributed by atoms with Crippen LogP contribution in [0.2, 0.25) is 0 Å². The summed E-state index contributed by atoms with van der Waals surface area (Å²) in [6.07, 6.45) is 0.669. The van der Waals surface area contributed by atoms with Gasteiger partial charge in [0.15, 0.2) is 11.5 Å². The van der Waals surface area contributed by atoms with E-state index in [1.807, 2.05) is 12.1 Å². The molecule has 2 aromatic rings. The Labute approximate surface area is 143 Å². The zero-order valence-electron chi connectivity index (χ0n) is 12.9. The van der Waals surface area contributed by atoms with Gasteiger partial charge >= 0.3 is 0 Å². The number of carbonyl (C=O) groups is 1. The van der Waals surface area contributed by atoms with Crippen LogP contribution in [0.25, 0.3) is 0 Å². The number of hydrogen-bond donors (Lipinski definition) is 2. The van der Waals surface area contributed by atoms with E-state index in [0.29, 0.717) is 28.8 Å². The van der Waals surface area contributed by atoms with Crippen LogP contribution in [-0.2, 0) is 6.42 Å². The van der Waals surface area contributed by atoms with Crippen LogP contribution in [0.4, 0.5) is 0 Å². The van der Waals surface area contributed by atoms with E-state index in [9.17, 15) is 15.0 Å². The molecule has 0 aliphatic heterocycles. The van der Waals surface area contributed by atoms with E-state index >= 15 is 0 Å². The fourth-order valence-electron chi connectivity index (χ4n) is 2.14. The standard InChI is InChI=1S/C17H18BrNO4/c1-19(8-7-11-3-5-12(20)6-4-11)17(22)13-9-15(21)16(23-2)10-14(13)18/h3-6,9-10,20-21H,7-8H2,1-2H3. The Morgan fingerprint density at radius 3 is 2.48 bits per heavy atom. The van der Waals surface area contributed by atoms with Gasteiger partial charge in [-0.1, -0.05) is 12.1 Å². The molecular formula is C17H18BrNO4. The first-order valence-electron chi connectivity index (χ1n) is 7.02. The molecule has 0 atom stereocenters. The number of rotatable bonds is 5. The summed E-state index contributed by atoms with van der Waals surface area (Å²) in [5.74, 6) is 0.246. The quantitative estimate of drug-likeness (QED) is 0.836. The smallest absolute Gasteiger partial charge is 0.254 e. The van der Waals surface area contributed by atoms with Gasteiger partial charge in [0.05, 0.1) is 12.7 Å². The van der Waals surface area contributed by atoms with Crippen molar-refractivity contribution >= 4 is 21.8 Å². The zero-order chi connectivity index (χ0) is 17.0. The summed E-state index contributed by atoms with van der Waals surface area (Å²) >= 11 is 3.33. The van der Waals surface area contributed by atoms with Gasteiger partial charge in [-0.3, -0.25) is 4.79 Å². The van der Waals surface area contributed by atoms with Crippen molar-refractivity contribution in [3.63, 3.8) is 0 Å². The number of benzene rings is 2. The molecule has 0 heterocycles. The highest BCUT2D eigenvalue weighted by atomic mass is 79.9. The van der Waals surface area contributed by atoms with Crippen molar-refractivity contribution < 1.29 is 19.7 Å². The monoisotopic (exact) mass is 379 g/mol. The molecule has 0 spiro atoms. The summed E-state index contributed by atoms with van der Waals surface area (Å²) in [4.78, 5) is 14.1. The van der Waals surface area contributed by atoms with Crippen LogP contribution in [-0.4, -0.2) is 41.7 Å². The minimum Gasteiger partial charge on any atom is -0.508 e. The normalized spacial score (nSPS) is 10.4. The van der Waals surface area contributed by atoms with Gasteiger partial charge < -0.3 is 19.8 Å². The molecule has 0 aliphatic rings. The molecule has 5 nitrogen and oxygen atoms in total. The van der Waals surface area contributed by atoms with Crippen LogP contribution < -0.4 is 4.74 Å². The van der Waals surface area contributed by atoms with Crippen molar-refractivity contribution in [1.82, 2.24) is 4.90 Å². The van der Waals surface area contributed by atoms with Gasteiger partial charge in [0.25, 0.3) is 5.91 Å². The molecule has 23 heavy (non-hydrogen) atoms. The van der Waals surface area contributed by atoms with Crippen LogP contribution in [0.3, 0.4) is 0 Å². The van der Waals surface area contributed by atoms with Gasteiger partial charge in [-0.2, -0.15) is 0 Å². The number of aromatic hydroxyl groups is 2. The second-order valence-corrected chi connectivity index (χ2v) is 6.00. The van der Waals surface area contributed by atoms with Gasteiger partial charge in [0.1, 0.15) is 5.75 Å². The number of nitrogens with zero attached hydrogens (tertiary/aromatic N) is 1. The summed E-state index contributed by atoms with van der Waals surface area (Å²) in [7, 11) is 3.16. The molecule has 6 heteroatoms. The van der Waals surface area contributed by atoms with E-state index in [1.165, 1.54) is 13.2 Å². The number of halogens is 1. The Kier molecular flexibility index (Phi) is 5.50. The SMILES string of the molecule is COc1cc(Br)c(C(=O)N(C)CCc2ccc(O)cc2)cc1O. The minimum absolute atomic E-state index is 0.0778. The molecule has 0 fully saturated rings. The molecule has 0 radical (unpaired) electrons. The van der Waals surface area contributed by atoms with Crippen LogP contribution >= 0.6 is 15.9 Å². The fourth-order valence-corrected chi connectivity index (χ4v) is 2.63. The molecule has 2 N–H and O–H groups in total. The maximum absolute atomic E-state index is 12.5. The Bertz CT molecular complexity index is 700. The summed E-state index contributed by atoms with van der Waals surface area (Å²) in [6.45, 7) is 0.517. The van der Waals surface area contributed by atoms with Gasteiger partial charge in [-0.05, 0) is 52.2 Å². The third-order valence-electron chi connectivity index (χ3n) is 3.52. The molecule has 0 saturated carbocycles. The number of ether oxygens (including phenoxy) is 1. The maximum Gasteiger partial charge on any atom is 0.254 e. The molecule has 0 aromatic heterocycles. The van der Waals surface area contributed by atoms with Crippen molar-refractivity contribution in [2.75, 3.05) is 20.7 Å². The first-order valence-corrected chi connectivity index (χ1v) is 7.81. The number of hydrogen-bond acceptors (Lipinski definition) is 4. The topological polar surface area (TPSA) is 70.0 Å². The first-order chi connectivity index (χ1) is 10.9. The van der Waals surface area contributed by atoms with Crippen LogP contribution in [0.5, 0.6) is 17.2 Å². The molecule has 0 bridgehead atoms. The predicted octanol–water partition coefficient (Wildman–Crippen LogP) is 3.18. The number of methoxy groups -OCH3 is 1. The molecule has 1 amide bonds. The third-order valence-corrected chi connectivity index (χ3v) is 4.17. The van der Waals surface area contributed by atoms with Gasteiger partial charge in [-0.25, -0.2) is 0 Å². The molecule has 122 valence electrons. The molecular weight excluding hydrogens is 362 g/mol. The number of phenols is 2. The van der Waals surface area contributed by atoms with Gasteiger partial charge in [0, 0.05) is 18.1 Å². The first kappa shape index (κ1) is 17.1. The van der Waals surface area contributed by atoms with Crippen molar-refractivity contribution in [3.8, 4) is 17.2 Å². The van der Waals surface area contributed by atoms with Crippen LogP contribution in [0.15, 0.2) is 40.9 Å². The van der Waals surface area contributed by atoms with E-state index in [1.54, 1.807) is 30.1 Å². The predicted molar refractivity (Wildman–Crippen MR) is 91.1 cm³/mol. The second-order valence-electron chi connectivity index (χ2n) is 5.15. The maximum atomic E-state index is 12.5. The van der Waals surface area contributed by atoms with Crippen molar-refractivity contribution in [2.24, 2.45) is 0 Å². The third kappa shape index (κ3) is 4.16. The second kappa shape index (κ2) is 7.37. The van der Waals surface area contributed by atoms with Crippen LogP contribution in [0, 0.1) is 0 Å². The fraction of sp³-hybridized carbons (Fsp3) is 0.235. The van der Waals surface area contributed by atoms with Crippen molar-refractivity contribution in [1.29, 1.82) is 0 Å². The van der Waals surface area contributed by atoms with E-state index in [2.05, 4.69) is 15.9 Å². The average Bonchev–Trinajstić information content (AvgIpc) is 2.55. The van der Waals surface area contributed by atoms with E-state index in [-0.39, 0.29) is 17.4 Å². The number of likely N-dealkylation sites (N-methyl/N-ethyl adjacent to an activating group) is 1. The lowest BCUT2D eigenvalue weighted by molar-refractivity contribution is 0.0795.